The van der Waals surface area contributed by atoms with E-state index in [1.807, 2.05) is 24.3 Å². The molecule has 306 valence electrons. The maximum Gasteiger partial charge on any atom is 0.407 e. The lowest BCUT2D eigenvalue weighted by atomic mass is 10.0. The lowest BCUT2D eigenvalue weighted by Crippen LogP contribution is -2.50. The van der Waals surface area contributed by atoms with Gasteiger partial charge in [0.25, 0.3) is 0 Å². The molecule has 16 nitrogen and oxygen atoms in total. The molecule has 16 heteroatoms. The van der Waals surface area contributed by atoms with Crippen molar-refractivity contribution < 1.29 is 57.6 Å². The largest absolute Gasteiger partial charge is 0.480 e. The molecule has 1 rings (SSSR count). The van der Waals surface area contributed by atoms with Gasteiger partial charge in [-0.1, -0.05) is 24.3 Å². The van der Waals surface area contributed by atoms with Crippen LogP contribution in [0.4, 0.5) is 4.79 Å². The fourth-order valence-electron chi connectivity index (χ4n) is 5.41. The van der Waals surface area contributed by atoms with Crippen LogP contribution < -0.4 is 5.32 Å². The van der Waals surface area contributed by atoms with Gasteiger partial charge in [0, 0.05) is 32.7 Å². The summed E-state index contributed by atoms with van der Waals surface area (Å²) in [6, 6.07) is 6.91. The number of amides is 1. The van der Waals surface area contributed by atoms with Crippen LogP contribution in [0.2, 0.25) is 0 Å². The Morgan fingerprint density at radius 1 is 0.648 bits per heavy atom. The minimum absolute atomic E-state index is 0.126. The zero-order valence-corrected chi connectivity index (χ0v) is 33.2. The third-order valence-corrected chi connectivity index (χ3v) is 7.81. The highest BCUT2D eigenvalue weighted by Gasteiger charge is 2.28. The summed E-state index contributed by atoms with van der Waals surface area (Å²) in [7, 11) is 0. The maximum atomic E-state index is 12.8. The molecule has 0 heterocycles. The van der Waals surface area contributed by atoms with Crippen molar-refractivity contribution in [2.24, 2.45) is 0 Å². The molecular formula is C38H62N4O12. The molecule has 1 atom stereocenters. The molecule has 54 heavy (non-hydrogen) atoms. The number of carbonyl (C=O) groups excluding carboxylic acids is 5. The molecule has 0 aromatic heterocycles. The molecular weight excluding hydrogens is 704 g/mol. The van der Waals surface area contributed by atoms with Crippen molar-refractivity contribution in [2.75, 3.05) is 85.3 Å². The van der Waals surface area contributed by atoms with Gasteiger partial charge < -0.3 is 34.1 Å². The second-order valence-corrected chi connectivity index (χ2v) is 13.4. The summed E-state index contributed by atoms with van der Waals surface area (Å²) >= 11 is 0. The van der Waals surface area contributed by atoms with Gasteiger partial charge in [-0.05, 0) is 85.3 Å². The van der Waals surface area contributed by atoms with Gasteiger partial charge in [0.05, 0.1) is 52.6 Å². The number of alkyl carbamates (subject to hydrolysis) is 1. The summed E-state index contributed by atoms with van der Waals surface area (Å²) in [4.78, 5) is 79.1. The number of nitrogens with one attached hydrogen (secondary N) is 1. The minimum atomic E-state index is -1.06. The van der Waals surface area contributed by atoms with E-state index in [1.54, 1.807) is 63.2 Å². The predicted molar refractivity (Wildman–Crippen MR) is 200 cm³/mol. The number of benzene rings is 1. The van der Waals surface area contributed by atoms with Gasteiger partial charge in [0.2, 0.25) is 0 Å². The number of hydrogen-bond acceptors (Lipinski definition) is 14. The highest BCUT2D eigenvalue weighted by molar-refractivity contribution is 5.76. The monoisotopic (exact) mass is 766 g/mol. The van der Waals surface area contributed by atoms with Crippen molar-refractivity contribution in [3.8, 4) is 0 Å². The van der Waals surface area contributed by atoms with Gasteiger partial charge in [-0.3, -0.25) is 38.7 Å². The number of rotatable bonds is 27. The molecule has 0 saturated heterocycles. The van der Waals surface area contributed by atoms with E-state index in [0.29, 0.717) is 25.8 Å². The minimum Gasteiger partial charge on any atom is -0.480 e. The molecule has 0 aliphatic heterocycles. The molecule has 0 aliphatic rings. The first kappa shape index (κ1) is 47.7. The Morgan fingerprint density at radius 3 is 1.39 bits per heavy atom. The Morgan fingerprint density at radius 2 is 1.04 bits per heavy atom. The number of carbonyl (C=O) groups is 6. The highest BCUT2D eigenvalue weighted by atomic mass is 16.6. The van der Waals surface area contributed by atoms with Crippen molar-refractivity contribution >= 4 is 35.9 Å². The molecule has 0 radical (unpaired) electrons. The molecule has 1 amide bonds. The van der Waals surface area contributed by atoms with E-state index in [4.69, 9.17) is 23.7 Å². The topological polar surface area (TPSA) is 191 Å². The second kappa shape index (κ2) is 26.5. The SMILES string of the molecule is CCOC(=O)CN(CCN(CCN(CC(=O)OCC)CC(=O)OCC)C(CCCc1ccc(CCNC(=O)OC(C)(C)C)cc1)C(=O)O)CC(=O)OCC. The normalized spacial score (nSPS) is 12.0. The molecule has 1 aromatic rings. The quantitative estimate of drug-likeness (QED) is 0.0981. The Balaban J connectivity index is 3.13. The Bertz CT molecular complexity index is 1210. The average molecular weight is 767 g/mol. The first-order valence-electron chi connectivity index (χ1n) is 18.7. The van der Waals surface area contributed by atoms with Crippen LogP contribution in [0.15, 0.2) is 24.3 Å². The number of carboxylic acids is 1. The first-order valence-corrected chi connectivity index (χ1v) is 18.7. The number of aryl methyl sites for hydroxylation is 1. The zero-order chi connectivity index (χ0) is 40.5. The number of ether oxygens (including phenoxy) is 5. The van der Waals surface area contributed by atoms with Crippen LogP contribution in [0, 0.1) is 0 Å². The summed E-state index contributed by atoms with van der Waals surface area (Å²) in [6.45, 7) is 12.8. The molecule has 1 unspecified atom stereocenters. The average Bonchev–Trinajstić information content (AvgIpc) is 3.07. The van der Waals surface area contributed by atoms with Gasteiger partial charge >= 0.3 is 35.9 Å². The second-order valence-electron chi connectivity index (χ2n) is 13.4. The lowest BCUT2D eigenvalue weighted by Gasteiger charge is -2.33. The van der Waals surface area contributed by atoms with Crippen molar-refractivity contribution in [3.63, 3.8) is 0 Å². The van der Waals surface area contributed by atoms with Crippen LogP contribution in [-0.4, -0.2) is 153 Å². The number of aliphatic carboxylic acids is 1. The van der Waals surface area contributed by atoms with Crippen LogP contribution in [0.25, 0.3) is 0 Å². The summed E-state index contributed by atoms with van der Waals surface area (Å²) in [6.07, 6.45) is 1.53. The van der Waals surface area contributed by atoms with Gasteiger partial charge in [0.15, 0.2) is 0 Å². The summed E-state index contributed by atoms with van der Waals surface area (Å²) < 4.78 is 25.6. The fraction of sp³-hybridized carbons (Fsp3) is 0.684. The van der Waals surface area contributed by atoms with Crippen LogP contribution in [0.5, 0.6) is 0 Å². The summed E-state index contributed by atoms with van der Waals surface area (Å²) in [5, 5.41) is 13.2. The van der Waals surface area contributed by atoms with Gasteiger partial charge in [0.1, 0.15) is 11.6 Å². The van der Waals surface area contributed by atoms with E-state index in [9.17, 15) is 33.9 Å². The van der Waals surface area contributed by atoms with E-state index < -0.39 is 47.6 Å². The van der Waals surface area contributed by atoms with Gasteiger partial charge in [-0.25, -0.2) is 4.79 Å². The molecule has 0 bridgehead atoms. The summed E-state index contributed by atoms with van der Waals surface area (Å²) in [5.74, 6) is -3.22. The van der Waals surface area contributed by atoms with Crippen LogP contribution in [0.3, 0.4) is 0 Å². The number of carboxylic acid groups (broad SMARTS) is 1. The Hall–Kier alpha value is -4.28. The molecule has 0 spiro atoms. The third kappa shape index (κ3) is 22.1. The third-order valence-electron chi connectivity index (χ3n) is 7.81. The first-order chi connectivity index (χ1) is 25.6. The van der Waals surface area contributed by atoms with Crippen LogP contribution in [0.1, 0.15) is 72.4 Å². The van der Waals surface area contributed by atoms with E-state index in [2.05, 4.69) is 5.32 Å². The fourth-order valence-corrected chi connectivity index (χ4v) is 5.41. The van der Waals surface area contributed by atoms with E-state index in [-0.39, 0.29) is 85.2 Å². The van der Waals surface area contributed by atoms with E-state index in [0.717, 1.165) is 11.1 Å². The molecule has 0 aliphatic carbocycles. The number of nitrogens with zero attached hydrogens (tertiary/aromatic N) is 3. The number of esters is 4. The van der Waals surface area contributed by atoms with Crippen LogP contribution >= 0.6 is 0 Å². The summed E-state index contributed by atoms with van der Waals surface area (Å²) in [5.41, 5.74) is 1.46. The highest BCUT2D eigenvalue weighted by Crippen LogP contribution is 2.14. The molecule has 0 fully saturated rings. The molecule has 1 aromatic carbocycles. The van der Waals surface area contributed by atoms with Crippen molar-refractivity contribution in [1.29, 1.82) is 0 Å². The smallest absolute Gasteiger partial charge is 0.407 e. The van der Waals surface area contributed by atoms with Crippen molar-refractivity contribution in [3.05, 3.63) is 35.4 Å². The molecule has 0 saturated carbocycles. The van der Waals surface area contributed by atoms with Crippen molar-refractivity contribution in [2.45, 2.75) is 85.8 Å². The van der Waals surface area contributed by atoms with Crippen molar-refractivity contribution in [1.82, 2.24) is 20.0 Å². The predicted octanol–water partition coefficient (Wildman–Crippen LogP) is 2.69. The zero-order valence-electron chi connectivity index (χ0n) is 33.2. The van der Waals surface area contributed by atoms with E-state index >= 15 is 0 Å². The lowest BCUT2D eigenvalue weighted by molar-refractivity contribution is -0.149. The van der Waals surface area contributed by atoms with E-state index in [1.165, 1.54) is 0 Å². The Labute approximate surface area is 319 Å². The molecule has 2 N–H and O–H groups in total. The van der Waals surface area contributed by atoms with Crippen LogP contribution in [-0.2, 0) is 60.5 Å². The van der Waals surface area contributed by atoms with Gasteiger partial charge in [-0.2, -0.15) is 0 Å². The maximum absolute atomic E-state index is 12.8. The number of hydrogen-bond donors (Lipinski definition) is 2. The van der Waals surface area contributed by atoms with Gasteiger partial charge in [-0.15, -0.1) is 0 Å². The standard InChI is InChI=1S/C38H62N4O12/c1-8-50-32(43)25-40(26-33(44)51-9-2)21-23-42(24-22-41(27-34(45)52-10-3)28-35(46)53-11-4)31(36(47)48)14-12-13-29-15-17-30(18-16-29)19-20-39-37(49)54-38(5,6)7/h15-18,31H,8-14,19-28H2,1-7H3,(H,39,49)(H,47,48). The Kier molecular flexibility index (Phi) is 23.4.